The lowest BCUT2D eigenvalue weighted by atomic mass is 10.3. The number of benzene rings is 1. The smallest absolute Gasteiger partial charge is 0.414 e. The van der Waals surface area contributed by atoms with Crippen LogP contribution in [0.25, 0.3) is 0 Å². The number of para-hydroxylation sites is 2. The summed E-state index contributed by atoms with van der Waals surface area (Å²) in [6, 6.07) is 7.38. The maximum absolute atomic E-state index is 8.52. The molecule has 0 saturated heterocycles. The van der Waals surface area contributed by atoms with Crippen molar-refractivity contribution in [3.8, 4) is 11.5 Å². The van der Waals surface area contributed by atoms with Gasteiger partial charge in [-0.25, -0.2) is 0 Å². The number of hydrogen-bond acceptors (Lipinski definition) is 4. The van der Waals surface area contributed by atoms with E-state index in [1.807, 2.05) is 24.3 Å². The monoisotopic (exact) mass is 200 g/mol. The fourth-order valence-corrected chi connectivity index (χ4v) is 1.94. The zero-order chi connectivity index (χ0) is 9.10. The van der Waals surface area contributed by atoms with Crippen molar-refractivity contribution in [2.24, 2.45) is 0 Å². The molecule has 0 bridgehead atoms. The lowest BCUT2D eigenvalue weighted by Crippen LogP contribution is -1.98. The molecule has 0 fully saturated rings. The number of hydrogen-bond donors (Lipinski definition) is 1. The Bertz CT molecular complexity index is 266. The predicted octanol–water partition coefficient (Wildman–Crippen LogP) is 1.69. The van der Waals surface area contributed by atoms with Gasteiger partial charge in [0.05, 0.1) is 13.2 Å². The molecular weight excluding hydrogens is 191 g/mol. The molecule has 1 aromatic rings. The Kier molecular flexibility index (Phi) is 2.64. The topological polar surface area (TPSA) is 47.9 Å². The highest BCUT2D eigenvalue weighted by atomic mass is 31.2. The molecule has 4 nitrogen and oxygen atoms in total. The molecule has 13 heavy (non-hydrogen) atoms. The molecule has 1 aliphatic rings. The van der Waals surface area contributed by atoms with E-state index in [-0.39, 0.29) is 13.2 Å². The summed E-state index contributed by atoms with van der Waals surface area (Å²) in [6.45, 7) is 0.210. The van der Waals surface area contributed by atoms with Gasteiger partial charge < -0.3 is 14.2 Å². The number of rotatable bonds is 3. The van der Waals surface area contributed by atoms with Crippen LogP contribution >= 0.6 is 8.60 Å². The molecule has 0 saturated carbocycles. The number of aliphatic hydroxyl groups excluding tert-OH is 1. The highest BCUT2D eigenvalue weighted by Gasteiger charge is 2.26. The Morgan fingerprint density at radius 1 is 1.23 bits per heavy atom. The third-order valence-electron chi connectivity index (χ3n) is 1.48. The van der Waals surface area contributed by atoms with Gasteiger partial charge in [0.1, 0.15) is 0 Å². The van der Waals surface area contributed by atoms with Crippen LogP contribution < -0.4 is 9.05 Å². The molecule has 1 aromatic carbocycles. The van der Waals surface area contributed by atoms with Gasteiger partial charge in [0, 0.05) is 0 Å². The second-order valence-corrected chi connectivity index (χ2v) is 3.48. The van der Waals surface area contributed by atoms with Crippen molar-refractivity contribution in [2.75, 3.05) is 13.2 Å². The van der Waals surface area contributed by atoms with Crippen LogP contribution in [0.1, 0.15) is 0 Å². The minimum atomic E-state index is -1.34. The van der Waals surface area contributed by atoms with Gasteiger partial charge in [0.2, 0.25) is 0 Å². The molecule has 1 heterocycles. The standard InChI is InChI=1S/C8H9O4P/c9-5-6-10-13-11-7-3-1-2-4-8(7)12-13/h1-4,9H,5-6H2. The molecule has 0 spiro atoms. The van der Waals surface area contributed by atoms with Crippen molar-refractivity contribution < 1.29 is 18.7 Å². The first-order valence-corrected chi connectivity index (χ1v) is 4.98. The van der Waals surface area contributed by atoms with Crippen LogP contribution in [-0.4, -0.2) is 18.3 Å². The molecule has 5 heteroatoms. The van der Waals surface area contributed by atoms with Crippen LogP contribution in [-0.2, 0) is 4.52 Å². The molecule has 0 amide bonds. The Morgan fingerprint density at radius 2 is 1.85 bits per heavy atom. The summed E-state index contributed by atoms with van der Waals surface area (Å²) in [5.74, 6) is 1.40. The van der Waals surface area contributed by atoms with Crippen molar-refractivity contribution >= 4 is 8.60 Å². The molecule has 0 radical (unpaired) electrons. The highest BCUT2D eigenvalue weighted by Crippen LogP contribution is 2.52. The van der Waals surface area contributed by atoms with E-state index in [2.05, 4.69) is 0 Å². The van der Waals surface area contributed by atoms with Gasteiger partial charge >= 0.3 is 8.60 Å². The van der Waals surface area contributed by atoms with Crippen molar-refractivity contribution in [1.29, 1.82) is 0 Å². The normalized spacial score (nSPS) is 14.8. The molecule has 2 rings (SSSR count). The van der Waals surface area contributed by atoms with Crippen LogP contribution in [0.4, 0.5) is 0 Å². The second kappa shape index (κ2) is 3.92. The van der Waals surface area contributed by atoms with E-state index in [1.54, 1.807) is 0 Å². The maximum atomic E-state index is 8.52. The van der Waals surface area contributed by atoms with Crippen LogP contribution in [0, 0.1) is 0 Å². The van der Waals surface area contributed by atoms with E-state index in [9.17, 15) is 0 Å². The zero-order valence-electron chi connectivity index (χ0n) is 6.84. The van der Waals surface area contributed by atoms with Crippen molar-refractivity contribution in [3.05, 3.63) is 24.3 Å². The van der Waals surface area contributed by atoms with E-state index in [0.29, 0.717) is 11.5 Å². The summed E-state index contributed by atoms with van der Waals surface area (Å²) < 4.78 is 15.7. The average Bonchev–Trinajstić information content (AvgIpc) is 2.57. The summed E-state index contributed by atoms with van der Waals surface area (Å²) in [5.41, 5.74) is 0. The van der Waals surface area contributed by atoms with Crippen LogP contribution in [0.3, 0.4) is 0 Å². The number of fused-ring (bicyclic) bond motifs is 1. The number of aliphatic hydroxyl groups is 1. The lowest BCUT2D eigenvalue weighted by Gasteiger charge is -2.05. The SMILES string of the molecule is OCCOP1Oc2ccccc2O1. The highest BCUT2D eigenvalue weighted by molar-refractivity contribution is 7.43. The second-order valence-electron chi connectivity index (χ2n) is 2.41. The van der Waals surface area contributed by atoms with Gasteiger partial charge in [0.15, 0.2) is 11.5 Å². The molecule has 1 aliphatic heterocycles. The van der Waals surface area contributed by atoms with Gasteiger partial charge in [-0.05, 0) is 12.1 Å². The van der Waals surface area contributed by atoms with E-state index in [1.165, 1.54) is 0 Å². The third-order valence-corrected chi connectivity index (χ3v) is 2.57. The Morgan fingerprint density at radius 3 is 2.38 bits per heavy atom. The third kappa shape index (κ3) is 1.91. The molecule has 0 aliphatic carbocycles. The minimum Gasteiger partial charge on any atom is -0.414 e. The molecule has 70 valence electrons. The van der Waals surface area contributed by atoms with E-state index < -0.39 is 8.60 Å². The first-order chi connectivity index (χ1) is 6.40. The molecule has 0 aromatic heterocycles. The van der Waals surface area contributed by atoms with E-state index in [4.69, 9.17) is 18.7 Å². The zero-order valence-corrected chi connectivity index (χ0v) is 7.74. The van der Waals surface area contributed by atoms with Gasteiger partial charge in [0.25, 0.3) is 0 Å². The van der Waals surface area contributed by atoms with Gasteiger partial charge in [-0.1, -0.05) is 12.1 Å². The molecule has 1 N–H and O–H groups in total. The van der Waals surface area contributed by atoms with Crippen molar-refractivity contribution in [1.82, 2.24) is 0 Å². The van der Waals surface area contributed by atoms with Gasteiger partial charge in [-0.3, -0.25) is 4.52 Å². The van der Waals surface area contributed by atoms with Crippen molar-refractivity contribution in [2.45, 2.75) is 0 Å². The summed E-state index contributed by atoms with van der Waals surface area (Å²) in [6.07, 6.45) is 0. The van der Waals surface area contributed by atoms with Crippen LogP contribution in [0.15, 0.2) is 24.3 Å². The van der Waals surface area contributed by atoms with E-state index >= 15 is 0 Å². The van der Waals surface area contributed by atoms with Crippen LogP contribution in [0.2, 0.25) is 0 Å². The first kappa shape index (κ1) is 8.75. The molecular formula is C8H9O4P. The maximum Gasteiger partial charge on any atom is 0.463 e. The average molecular weight is 200 g/mol. The summed E-state index contributed by atoms with van der Waals surface area (Å²) in [4.78, 5) is 0. The predicted molar refractivity (Wildman–Crippen MR) is 47.7 cm³/mol. The fraction of sp³-hybridized carbons (Fsp3) is 0.250. The van der Waals surface area contributed by atoms with Gasteiger partial charge in [-0.2, -0.15) is 0 Å². The quantitative estimate of drug-likeness (QED) is 0.754. The molecule has 0 unspecified atom stereocenters. The molecule has 0 atom stereocenters. The largest absolute Gasteiger partial charge is 0.463 e. The Balaban J connectivity index is 1.97. The Hall–Kier alpha value is -0.830. The van der Waals surface area contributed by atoms with E-state index in [0.717, 1.165) is 0 Å². The first-order valence-electron chi connectivity index (χ1n) is 3.89. The van der Waals surface area contributed by atoms with Crippen molar-refractivity contribution in [3.63, 3.8) is 0 Å². The summed E-state index contributed by atoms with van der Waals surface area (Å²) >= 11 is 0. The summed E-state index contributed by atoms with van der Waals surface area (Å²) in [7, 11) is -1.34. The summed E-state index contributed by atoms with van der Waals surface area (Å²) in [5, 5.41) is 8.52. The lowest BCUT2D eigenvalue weighted by molar-refractivity contribution is 0.192. The Labute approximate surface area is 77.1 Å². The van der Waals surface area contributed by atoms with Gasteiger partial charge in [-0.15, -0.1) is 0 Å². The fourth-order valence-electron chi connectivity index (χ4n) is 0.948. The minimum absolute atomic E-state index is 0.0259. The van der Waals surface area contributed by atoms with Crippen LogP contribution in [0.5, 0.6) is 11.5 Å².